The maximum atomic E-state index is 12.7. The molecule has 6 nitrogen and oxygen atoms in total. The van der Waals surface area contributed by atoms with Crippen molar-refractivity contribution in [3.63, 3.8) is 0 Å². The van der Waals surface area contributed by atoms with Gasteiger partial charge in [-0.1, -0.05) is 17.7 Å². The third-order valence-corrected chi connectivity index (χ3v) is 6.39. The van der Waals surface area contributed by atoms with Gasteiger partial charge >= 0.3 is 0 Å². The normalized spacial score (nSPS) is 28.8. The summed E-state index contributed by atoms with van der Waals surface area (Å²) in [5, 5.41) is 3.26. The van der Waals surface area contributed by atoms with Crippen LogP contribution in [0, 0.1) is 12.8 Å². The van der Waals surface area contributed by atoms with Crippen molar-refractivity contribution < 1.29 is 14.3 Å². The third-order valence-electron chi connectivity index (χ3n) is 6.39. The summed E-state index contributed by atoms with van der Waals surface area (Å²) >= 11 is 0. The van der Waals surface area contributed by atoms with Crippen LogP contribution >= 0.6 is 0 Å². The average molecular weight is 386 g/mol. The first-order chi connectivity index (χ1) is 13.5. The Morgan fingerprint density at radius 3 is 2.54 bits per heavy atom. The van der Waals surface area contributed by atoms with Gasteiger partial charge in [0.15, 0.2) is 0 Å². The fourth-order valence-electron chi connectivity index (χ4n) is 4.69. The summed E-state index contributed by atoms with van der Waals surface area (Å²) in [6.07, 6.45) is 2.73. The quantitative estimate of drug-likeness (QED) is 0.862. The second-order valence-corrected chi connectivity index (χ2v) is 8.63. The molecule has 3 atom stereocenters. The smallest absolute Gasteiger partial charge is 0.253 e. The standard InChI is InChI=1S/C22H31N3O3/c1-15-3-5-18(6-4-15)22(27)24-9-7-17(8-10-24)21(26)23-19-11-20-14-28-16(2)12-25(20)13-19/h3-6,16-17,19-20H,7-14H2,1-2H3,(H,23,26)/t16-,19-,20+/m1/s1. The van der Waals surface area contributed by atoms with E-state index in [4.69, 9.17) is 4.74 Å². The topological polar surface area (TPSA) is 61.9 Å². The Bertz CT molecular complexity index is 712. The van der Waals surface area contributed by atoms with Gasteiger partial charge in [-0.25, -0.2) is 0 Å². The Kier molecular flexibility index (Phi) is 5.69. The van der Waals surface area contributed by atoms with Crippen LogP contribution in [0.25, 0.3) is 0 Å². The van der Waals surface area contributed by atoms with Crippen LogP contribution in [-0.2, 0) is 9.53 Å². The second-order valence-electron chi connectivity index (χ2n) is 8.63. The van der Waals surface area contributed by atoms with E-state index in [-0.39, 0.29) is 29.9 Å². The van der Waals surface area contributed by atoms with Crippen LogP contribution in [0.1, 0.15) is 42.1 Å². The molecule has 6 heteroatoms. The molecule has 3 heterocycles. The first kappa shape index (κ1) is 19.4. The average Bonchev–Trinajstić information content (AvgIpc) is 3.09. The number of likely N-dealkylation sites (tertiary alicyclic amines) is 1. The highest BCUT2D eigenvalue weighted by atomic mass is 16.5. The first-order valence-electron chi connectivity index (χ1n) is 10.5. The minimum atomic E-state index is 0.00914. The van der Waals surface area contributed by atoms with Crippen molar-refractivity contribution in [2.45, 2.75) is 51.3 Å². The van der Waals surface area contributed by atoms with Gasteiger partial charge in [0.1, 0.15) is 0 Å². The Morgan fingerprint density at radius 2 is 1.82 bits per heavy atom. The maximum Gasteiger partial charge on any atom is 0.253 e. The van der Waals surface area contributed by atoms with Crippen LogP contribution in [0.3, 0.4) is 0 Å². The Labute approximate surface area is 167 Å². The van der Waals surface area contributed by atoms with Crippen molar-refractivity contribution in [2.24, 2.45) is 5.92 Å². The van der Waals surface area contributed by atoms with E-state index >= 15 is 0 Å². The number of amides is 2. The highest BCUT2D eigenvalue weighted by molar-refractivity contribution is 5.94. The number of hydrogen-bond acceptors (Lipinski definition) is 4. The summed E-state index contributed by atoms with van der Waals surface area (Å²) in [5.41, 5.74) is 1.88. The van der Waals surface area contributed by atoms with Crippen molar-refractivity contribution in [1.82, 2.24) is 15.1 Å². The number of fused-ring (bicyclic) bond motifs is 1. The lowest BCUT2D eigenvalue weighted by Crippen LogP contribution is -2.46. The van der Waals surface area contributed by atoms with Crippen LogP contribution in [-0.4, -0.2) is 72.6 Å². The van der Waals surface area contributed by atoms with Crippen molar-refractivity contribution in [1.29, 1.82) is 0 Å². The van der Waals surface area contributed by atoms with E-state index in [9.17, 15) is 9.59 Å². The van der Waals surface area contributed by atoms with Crippen molar-refractivity contribution in [2.75, 3.05) is 32.8 Å². The number of benzene rings is 1. The SMILES string of the molecule is Cc1ccc(C(=O)N2CCC(C(=O)N[C@@H]3C[C@H]4CO[C@H](C)CN4C3)CC2)cc1. The largest absolute Gasteiger partial charge is 0.376 e. The van der Waals surface area contributed by atoms with Gasteiger partial charge in [-0.15, -0.1) is 0 Å². The number of morpholine rings is 1. The van der Waals surface area contributed by atoms with Gasteiger partial charge in [0.25, 0.3) is 5.91 Å². The highest BCUT2D eigenvalue weighted by Gasteiger charge is 2.38. The third kappa shape index (κ3) is 4.23. The maximum absolute atomic E-state index is 12.7. The van der Waals surface area contributed by atoms with E-state index < -0.39 is 0 Å². The number of nitrogens with one attached hydrogen (secondary N) is 1. The molecule has 3 saturated heterocycles. The number of carbonyl (C=O) groups excluding carboxylic acids is 2. The Hall–Kier alpha value is -1.92. The molecule has 0 bridgehead atoms. The minimum absolute atomic E-state index is 0.00914. The summed E-state index contributed by atoms with van der Waals surface area (Å²) < 4.78 is 5.75. The van der Waals surface area contributed by atoms with Gasteiger partial charge in [-0.3, -0.25) is 14.5 Å². The van der Waals surface area contributed by atoms with Crippen LogP contribution in [0.2, 0.25) is 0 Å². The zero-order valence-corrected chi connectivity index (χ0v) is 16.9. The summed E-state index contributed by atoms with van der Waals surface area (Å²) in [5.74, 6) is 0.233. The summed E-state index contributed by atoms with van der Waals surface area (Å²) in [6, 6.07) is 8.36. The molecule has 3 fully saturated rings. The molecule has 2 amide bonds. The van der Waals surface area contributed by atoms with Gasteiger partial charge in [-0.05, 0) is 45.2 Å². The monoisotopic (exact) mass is 385 g/mol. The zero-order chi connectivity index (χ0) is 19.7. The van der Waals surface area contributed by atoms with E-state index in [2.05, 4.69) is 17.1 Å². The lowest BCUT2D eigenvalue weighted by Gasteiger charge is -2.33. The molecule has 1 N–H and O–H groups in total. The molecule has 0 unspecified atom stereocenters. The van der Waals surface area contributed by atoms with Crippen LogP contribution in [0.5, 0.6) is 0 Å². The number of ether oxygens (including phenoxy) is 1. The molecule has 0 aliphatic carbocycles. The minimum Gasteiger partial charge on any atom is -0.376 e. The first-order valence-corrected chi connectivity index (χ1v) is 10.5. The number of rotatable bonds is 3. The number of nitrogens with zero attached hydrogens (tertiary/aromatic N) is 2. The van der Waals surface area contributed by atoms with E-state index in [0.29, 0.717) is 19.1 Å². The number of aryl methyl sites for hydroxylation is 1. The van der Waals surface area contributed by atoms with Gasteiger partial charge in [0.2, 0.25) is 5.91 Å². The predicted octanol–water partition coefficient (Wildman–Crippen LogP) is 1.83. The number of piperidine rings is 1. The molecule has 1 aromatic carbocycles. The molecular formula is C22H31N3O3. The summed E-state index contributed by atoms with van der Waals surface area (Å²) in [6.45, 7) is 8.07. The van der Waals surface area contributed by atoms with E-state index in [1.54, 1.807) is 0 Å². The predicted molar refractivity (Wildman–Crippen MR) is 107 cm³/mol. The van der Waals surface area contributed by atoms with Gasteiger partial charge in [0, 0.05) is 49.7 Å². The van der Waals surface area contributed by atoms with Gasteiger partial charge in [0.05, 0.1) is 12.7 Å². The molecule has 3 aliphatic heterocycles. The zero-order valence-electron chi connectivity index (χ0n) is 16.9. The lowest BCUT2D eigenvalue weighted by molar-refractivity contribution is -0.126. The van der Waals surface area contributed by atoms with Crippen molar-refractivity contribution in [3.05, 3.63) is 35.4 Å². The highest BCUT2D eigenvalue weighted by Crippen LogP contribution is 2.25. The fraction of sp³-hybridized carbons (Fsp3) is 0.636. The second kappa shape index (κ2) is 8.21. The van der Waals surface area contributed by atoms with Crippen LogP contribution < -0.4 is 5.32 Å². The Morgan fingerprint density at radius 1 is 1.11 bits per heavy atom. The van der Waals surface area contributed by atoms with E-state index in [0.717, 1.165) is 50.1 Å². The molecule has 0 aromatic heterocycles. The fourth-order valence-corrected chi connectivity index (χ4v) is 4.69. The van der Waals surface area contributed by atoms with Crippen LogP contribution in [0.4, 0.5) is 0 Å². The molecule has 0 spiro atoms. The Balaban J connectivity index is 1.25. The molecule has 1 aromatic rings. The van der Waals surface area contributed by atoms with E-state index in [1.165, 1.54) is 0 Å². The van der Waals surface area contributed by atoms with Crippen LogP contribution in [0.15, 0.2) is 24.3 Å². The molecule has 0 radical (unpaired) electrons. The van der Waals surface area contributed by atoms with Gasteiger partial charge < -0.3 is 15.0 Å². The molecule has 28 heavy (non-hydrogen) atoms. The van der Waals surface area contributed by atoms with Crippen molar-refractivity contribution >= 4 is 11.8 Å². The molecule has 0 saturated carbocycles. The lowest BCUT2D eigenvalue weighted by atomic mass is 9.95. The molecule has 3 aliphatic rings. The molecule has 152 valence electrons. The molecule has 4 rings (SSSR count). The molecular weight excluding hydrogens is 354 g/mol. The number of hydrogen-bond donors (Lipinski definition) is 1. The van der Waals surface area contributed by atoms with E-state index in [1.807, 2.05) is 36.1 Å². The number of carbonyl (C=O) groups is 2. The van der Waals surface area contributed by atoms with Gasteiger partial charge in [-0.2, -0.15) is 0 Å². The summed E-state index contributed by atoms with van der Waals surface area (Å²) in [7, 11) is 0. The summed E-state index contributed by atoms with van der Waals surface area (Å²) in [4.78, 5) is 29.7. The van der Waals surface area contributed by atoms with Crippen molar-refractivity contribution in [3.8, 4) is 0 Å².